The Morgan fingerprint density at radius 2 is 1.89 bits per heavy atom. The molecule has 27 heavy (non-hydrogen) atoms. The maximum Gasteiger partial charge on any atom is 0.194 e. The normalized spacial score (nSPS) is 11.4. The predicted molar refractivity (Wildman–Crippen MR) is 109 cm³/mol. The molecule has 0 fully saturated rings. The SMILES string of the molecule is CCNC(=NCc1c(C)nn(C)c1C)N(C)CCOc1ccc(OC)cc1. The summed E-state index contributed by atoms with van der Waals surface area (Å²) in [5, 5.41) is 7.80. The first-order valence-corrected chi connectivity index (χ1v) is 9.21. The number of ether oxygens (including phenoxy) is 2. The van der Waals surface area contributed by atoms with Gasteiger partial charge < -0.3 is 19.7 Å². The number of rotatable bonds is 8. The van der Waals surface area contributed by atoms with Crippen LogP contribution in [0, 0.1) is 13.8 Å². The summed E-state index contributed by atoms with van der Waals surface area (Å²) in [5.74, 6) is 2.51. The second kappa shape index (κ2) is 9.85. The van der Waals surface area contributed by atoms with Gasteiger partial charge in [-0.25, -0.2) is 4.99 Å². The number of aliphatic imine (C=N–C) groups is 1. The summed E-state index contributed by atoms with van der Waals surface area (Å²) in [4.78, 5) is 6.85. The third-order valence-electron chi connectivity index (χ3n) is 4.50. The van der Waals surface area contributed by atoms with Gasteiger partial charge in [0.2, 0.25) is 0 Å². The first-order valence-electron chi connectivity index (χ1n) is 9.21. The van der Waals surface area contributed by atoms with Crippen molar-refractivity contribution in [1.82, 2.24) is 20.0 Å². The van der Waals surface area contributed by atoms with Crippen LogP contribution >= 0.6 is 0 Å². The molecule has 0 saturated carbocycles. The van der Waals surface area contributed by atoms with Gasteiger partial charge in [-0.15, -0.1) is 0 Å². The number of nitrogens with one attached hydrogen (secondary N) is 1. The molecule has 1 heterocycles. The van der Waals surface area contributed by atoms with Gasteiger partial charge >= 0.3 is 0 Å². The van der Waals surface area contributed by atoms with Gasteiger partial charge in [-0.2, -0.15) is 5.10 Å². The van der Waals surface area contributed by atoms with Crippen molar-refractivity contribution in [2.24, 2.45) is 12.0 Å². The third-order valence-corrected chi connectivity index (χ3v) is 4.50. The maximum absolute atomic E-state index is 5.82. The quantitative estimate of drug-likeness (QED) is 0.569. The smallest absolute Gasteiger partial charge is 0.194 e. The number of hydrogen-bond donors (Lipinski definition) is 1. The van der Waals surface area contributed by atoms with Crippen LogP contribution in [0.4, 0.5) is 0 Å². The Morgan fingerprint density at radius 1 is 1.22 bits per heavy atom. The van der Waals surface area contributed by atoms with Crippen molar-refractivity contribution < 1.29 is 9.47 Å². The highest BCUT2D eigenvalue weighted by Gasteiger charge is 2.11. The molecule has 2 aromatic rings. The van der Waals surface area contributed by atoms with Crippen LogP contribution in [0.3, 0.4) is 0 Å². The van der Waals surface area contributed by atoms with Crippen molar-refractivity contribution in [2.45, 2.75) is 27.3 Å². The topological polar surface area (TPSA) is 63.9 Å². The van der Waals surface area contributed by atoms with E-state index in [4.69, 9.17) is 14.5 Å². The summed E-state index contributed by atoms with van der Waals surface area (Å²) in [6.45, 7) is 8.88. The molecule has 1 N–H and O–H groups in total. The van der Waals surface area contributed by atoms with Crippen molar-refractivity contribution in [1.29, 1.82) is 0 Å². The Bertz CT molecular complexity index is 752. The van der Waals surface area contributed by atoms with E-state index in [1.165, 1.54) is 5.56 Å². The zero-order valence-corrected chi connectivity index (χ0v) is 17.2. The van der Waals surface area contributed by atoms with Crippen LogP contribution in [0.1, 0.15) is 23.9 Å². The molecule has 0 spiro atoms. The van der Waals surface area contributed by atoms with Crippen LogP contribution < -0.4 is 14.8 Å². The molecule has 0 aliphatic rings. The second-order valence-electron chi connectivity index (χ2n) is 6.39. The van der Waals surface area contributed by atoms with Crippen LogP contribution in [0.2, 0.25) is 0 Å². The number of hydrogen-bond acceptors (Lipinski definition) is 4. The molecule has 0 radical (unpaired) electrons. The van der Waals surface area contributed by atoms with Crippen LogP contribution in [0.25, 0.3) is 0 Å². The monoisotopic (exact) mass is 373 g/mol. The summed E-state index contributed by atoms with van der Waals surface area (Å²) in [6.07, 6.45) is 0. The zero-order chi connectivity index (χ0) is 19.8. The van der Waals surface area contributed by atoms with Gasteiger partial charge in [-0.3, -0.25) is 4.68 Å². The van der Waals surface area contributed by atoms with Gasteiger partial charge in [0.25, 0.3) is 0 Å². The van der Waals surface area contributed by atoms with Crippen molar-refractivity contribution in [3.05, 3.63) is 41.2 Å². The fraction of sp³-hybridized carbons (Fsp3) is 0.500. The Morgan fingerprint density at radius 3 is 2.44 bits per heavy atom. The highest BCUT2D eigenvalue weighted by molar-refractivity contribution is 5.79. The van der Waals surface area contributed by atoms with Crippen LogP contribution in [0.15, 0.2) is 29.3 Å². The predicted octanol–water partition coefficient (Wildman–Crippen LogP) is 2.52. The fourth-order valence-corrected chi connectivity index (χ4v) is 2.75. The Hall–Kier alpha value is -2.70. The minimum absolute atomic E-state index is 0.568. The summed E-state index contributed by atoms with van der Waals surface area (Å²) < 4.78 is 12.9. The summed E-state index contributed by atoms with van der Waals surface area (Å²) >= 11 is 0. The minimum Gasteiger partial charge on any atom is -0.497 e. The van der Waals surface area contributed by atoms with E-state index in [0.29, 0.717) is 13.2 Å². The largest absolute Gasteiger partial charge is 0.497 e. The Labute approximate surface area is 162 Å². The molecule has 7 heteroatoms. The molecule has 0 saturated heterocycles. The van der Waals surface area contributed by atoms with Gasteiger partial charge in [0.05, 0.1) is 25.9 Å². The van der Waals surface area contributed by atoms with Crippen molar-refractivity contribution in [3.8, 4) is 11.5 Å². The van der Waals surface area contributed by atoms with Crippen molar-refractivity contribution in [3.63, 3.8) is 0 Å². The van der Waals surface area contributed by atoms with Crippen LogP contribution in [0.5, 0.6) is 11.5 Å². The van der Waals surface area contributed by atoms with E-state index >= 15 is 0 Å². The van der Waals surface area contributed by atoms with E-state index in [1.54, 1.807) is 7.11 Å². The summed E-state index contributed by atoms with van der Waals surface area (Å²) in [7, 11) is 5.63. The maximum atomic E-state index is 5.82. The first kappa shape index (κ1) is 20.6. The Balaban J connectivity index is 1.93. The Kier molecular flexibility index (Phi) is 7.52. The molecule has 7 nitrogen and oxygen atoms in total. The molecule has 1 aromatic heterocycles. The number of aryl methyl sites for hydroxylation is 2. The lowest BCUT2D eigenvalue weighted by atomic mass is 10.2. The van der Waals surface area contributed by atoms with Gasteiger partial charge in [-0.1, -0.05) is 0 Å². The van der Waals surface area contributed by atoms with Crippen molar-refractivity contribution in [2.75, 3.05) is 33.9 Å². The third kappa shape index (κ3) is 5.64. The molecule has 0 bridgehead atoms. The molecular formula is C20H31N5O2. The molecule has 0 aliphatic heterocycles. The average Bonchev–Trinajstić information content (AvgIpc) is 2.91. The van der Waals surface area contributed by atoms with E-state index in [1.807, 2.05) is 50.0 Å². The average molecular weight is 374 g/mol. The van der Waals surface area contributed by atoms with E-state index < -0.39 is 0 Å². The molecule has 1 aromatic carbocycles. The molecule has 0 aliphatic carbocycles. The molecule has 0 amide bonds. The number of nitrogens with zero attached hydrogens (tertiary/aromatic N) is 4. The van der Waals surface area contributed by atoms with Gasteiger partial charge in [0.1, 0.15) is 18.1 Å². The van der Waals surface area contributed by atoms with E-state index in [9.17, 15) is 0 Å². The van der Waals surface area contributed by atoms with E-state index in [-0.39, 0.29) is 0 Å². The first-order chi connectivity index (χ1) is 13.0. The zero-order valence-electron chi connectivity index (χ0n) is 17.2. The highest BCUT2D eigenvalue weighted by Crippen LogP contribution is 2.17. The lowest BCUT2D eigenvalue weighted by molar-refractivity contribution is 0.281. The minimum atomic E-state index is 0.568. The number of benzene rings is 1. The van der Waals surface area contributed by atoms with Gasteiger partial charge in [0.15, 0.2) is 5.96 Å². The molecule has 0 atom stereocenters. The summed E-state index contributed by atoms with van der Waals surface area (Å²) in [5.41, 5.74) is 3.36. The number of aromatic nitrogens is 2. The van der Waals surface area contributed by atoms with Gasteiger partial charge in [-0.05, 0) is 45.0 Å². The van der Waals surface area contributed by atoms with Crippen LogP contribution in [-0.2, 0) is 13.6 Å². The van der Waals surface area contributed by atoms with Gasteiger partial charge in [0, 0.05) is 31.9 Å². The number of methoxy groups -OCH3 is 1. The lowest BCUT2D eigenvalue weighted by Gasteiger charge is -2.22. The van der Waals surface area contributed by atoms with Crippen molar-refractivity contribution >= 4 is 5.96 Å². The van der Waals surface area contributed by atoms with Crippen LogP contribution in [-0.4, -0.2) is 54.5 Å². The number of likely N-dealkylation sites (N-methyl/N-ethyl adjacent to an activating group) is 1. The highest BCUT2D eigenvalue weighted by atomic mass is 16.5. The molecule has 148 valence electrons. The number of guanidine groups is 1. The lowest BCUT2D eigenvalue weighted by Crippen LogP contribution is -2.40. The standard InChI is InChI=1S/C20H31N5O2/c1-7-21-20(22-14-19-15(2)23-25(5)16(19)3)24(4)12-13-27-18-10-8-17(26-6)9-11-18/h8-11H,7,12-14H2,1-6H3,(H,21,22). The molecular weight excluding hydrogens is 342 g/mol. The molecule has 0 unspecified atom stereocenters. The van der Waals surface area contributed by atoms with E-state index in [2.05, 4.69) is 29.2 Å². The second-order valence-corrected chi connectivity index (χ2v) is 6.39. The summed E-state index contributed by atoms with van der Waals surface area (Å²) in [6, 6.07) is 7.60. The van der Waals surface area contributed by atoms with E-state index in [0.717, 1.165) is 41.9 Å². The molecule has 2 rings (SSSR count). The fourth-order valence-electron chi connectivity index (χ4n) is 2.75.